The summed E-state index contributed by atoms with van der Waals surface area (Å²) >= 11 is 0. The van der Waals surface area contributed by atoms with Crippen LogP contribution in [0, 0.1) is 5.82 Å². The summed E-state index contributed by atoms with van der Waals surface area (Å²) in [5, 5.41) is 9.75. The van der Waals surface area contributed by atoms with Gasteiger partial charge in [0.15, 0.2) is 17.1 Å². The molecule has 8 nitrogen and oxygen atoms in total. The van der Waals surface area contributed by atoms with Crippen LogP contribution in [-0.4, -0.2) is 40.4 Å². The summed E-state index contributed by atoms with van der Waals surface area (Å²) in [6, 6.07) is 6.01. The molecule has 0 radical (unpaired) electrons. The van der Waals surface area contributed by atoms with Crippen molar-refractivity contribution in [1.29, 1.82) is 0 Å². The van der Waals surface area contributed by atoms with E-state index < -0.39 is 18.1 Å². The van der Waals surface area contributed by atoms with Gasteiger partial charge in [0.2, 0.25) is 0 Å². The number of halogens is 1. The first-order chi connectivity index (χ1) is 16.5. The molecule has 3 heterocycles. The van der Waals surface area contributed by atoms with Gasteiger partial charge in [0.1, 0.15) is 29.2 Å². The highest BCUT2D eigenvalue weighted by Gasteiger charge is 2.30. The lowest BCUT2D eigenvalue weighted by atomic mass is 10.0. The van der Waals surface area contributed by atoms with E-state index in [4.69, 9.17) is 14.2 Å². The molecule has 2 aromatic heterocycles. The van der Waals surface area contributed by atoms with Crippen molar-refractivity contribution in [1.82, 2.24) is 9.55 Å². The molecule has 3 aromatic rings. The van der Waals surface area contributed by atoms with Crippen LogP contribution in [0.1, 0.15) is 48.2 Å². The molecule has 0 aliphatic carbocycles. The number of hydrogen-bond acceptors (Lipinski definition) is 7. The third kappa shape index (κ3) is 4.38. The second kappa shape index (κ2) is 10.0. The molecule has 34 heavy (non-hydrogen) atoms. The third-order valence-electron chi connectivity index (χ3n) is 5.39. The fourth-order valence-electron chi connectivity index (χ4n) is 3.75. The highest BCUT2D eigenvalue weighted by atomic mass is 19.1. The minimum Gasteiger partial charge on any atom is -0.490 e. The number of nitrogens with zero attached hydrogens (tertiary/aromatic N) is 2. The minimum atomic E-state index is -0.811. The Bertz CT molecular complexity index is 1310. The van der Waals surface area contributed by atoms with Gasteiger partial charge < -0.3 is 19.3 Å². The molecule has 0 fully saturated rings. The van der Waals surface area contributed by atoms with Gasteiger partial charge in [-0.05, 0) is 31.0 Å². The molecule has 1 N–H and O–H groups in total. The number of esters is 1. The third-order valence-corrected chi connectivity index (χ3v) is 5.39. The van der Waals surface area contributed by atoms with Crippen molar-refractivity contribution in [2.45, 2.75) is 33.1 Å². The number of ether oxygens (including phenoxy) is 3. The maximum absolute atomic E-state index is 13.5. The van der Waals surface area contributed by atoms with Crippen LogP contribution in [0.4, 0.5) is 4.39 Å². The number of carbonyl (C=O) groups is 1. The molecule has 178 valence electrons. The zero-order valence-electron chi connectivity index (χ0n) is 19.0. The topological polar surface area (TPSA) is 99.9 Å². The number of hydrogen-bond donors (Lipinski definition) is 1. The van der Waals surface area contributed by atoms with Crippen LogP contribution in [0.5, 0.6) is 11.5 Å². The molecule has 0 saturated carbocycles. The van der Waals surface area contributed by atoms with E-state index >= 15 is 0 Å². The fourth-order valence-corrected chi connectivity index (χ4v) is 3.75. The zero-order valence-corrected chi connectivity index (χ0v) is 19.0. The molecule has 4 rings (SSSR count). The van der Waals surface area contributed by atoms with Gasteiger partial charge in [-0.3, -0.25) is 14.3 Å². The van der Waals surface area contributed by atoms with E-state index in [0.717, 1.165) is 12.0 Å². The monoisotopic (exact) mass is 468 g/mol. The van der Waals surface area contributed by atoms with E-state index in [-0.39, 0.29) is 41.6 Å². The van der Waals surface area contributed by atoms with Crippen molar-refractivity contribution >= 4 is 23.2 Å². The molecular formula is C25H25FN2O6. The average molecular weight is 468 g/mol. The van der Waals surface area contributed by atoms with Crippen molar-refractivity contribution in [2.24, 2.45) is 0 Å². The summed E-state index contributed by atoms with van der Waals surface area (Å²) < 4.78 is 31.5. The van der Waals surface area contributed by atoms with Gasteiger partial charge in [-0.15, -0.1) is 0 Å². The second-order valence-electron chi connectivity index (χ2n) is 7.77. The van der Waals surface area contributed by atoms with Gasteiger partial charge in [0.05, 0.1) is 19.4 Å². The molecule has 0 unspecified atom stereocenters. The Morgan fingerprint density at radius 3 is 2.68 bits per heavy atom. The lowest BCUT2D eigenvalue weighted by Gasteiger charge is -2.23. The number of rotatable bonds is 9. The summed E-state index contributed by atoms with van der Waals surface area (Å²) in [4.78, 5) is 30.7. The highest BCUT2D eigenvalue weighted by Crippen LogP contribution is 2.38. The van der Waals surface area contributed by atoms with Crippen molar-refractivity contribution < 1.29 is 28.5 Å². The van der Waals surface area contributed by atoms with Gasteiger partial charge in [-0.1, -0.05) is 25.5 Å². The maximum atomic E-state index is 13.5. The minimum absolute atomic E-state index is 0.0437. The first-order valence-electron chi connectivity index (χ1n) is 11.1. The zero-order chi connectivity index (χ0) is 24.2. The van der Waals surface area contributed by atoms with Crippen molar-refractivity contribution in [3.05, 3.63) is 69.1 Å². The summed E-state index contributed by atoms with van der Waals surface area (Å²) in [6.45, 7) is 3.55. The summed E-state index contributed by atoms with van der Waals surface area (Å²) in [5.74, 6) is -0.681. The number of aliphatic hydroxyl groups is 1. The molecule has 0 saturated heterocycles. The Morgan fingerprint density at radius 2 is 2.00 bits per heavy atom. The predicted molar refractivity (Wildman–Crippen MR) is 124 cm³/mol. The number of unbranched alkanes of at least 4 members (excludes halogenated alkanes) is 1. The van der Waals surface area contributed by atoms with E-state index in [9.17, 15) is 19.1 Å². The van der Waals surface area contributed by atoms with E-state index in [1.165, 1.54) is 22.9 Å². The number of aromatic nitrogens is 2. The van der Waals surface area contributed by atoms with E-state index in [1.54, 1.807) is 25.3 Å². The van der Waals surface area contributed by atoms with Crippen LogP contribution in [-0.2, 0) is 11.2 Å². The van der Waals surface area contributed by atoms with Crippen molar-refractivity contribution in [3.63, 3.8) is 0 Å². The Kier molecular flexibility index (Phi) is 6.93. The van der Waals surface area contributed by atoms with Crippen LogP contribution in [0.2, 0.25) is 0 Å². The Hall–Kier alpha value is -3.72. The number of aliphatic hydroxyl groups excluding tert-OH is 1. The second-order valence-corrected chi connectivity index (χ2v) is 7.77. The summed E-state index contributed by atoms with van der Waals surface area (Å²) in [6.07, 6.45) is 4.82. The van der Waals surface area contributed by atoms with Crippen LogP contribution in [0.15, 0.2) is 41.0 Å². The first kappa shape index (κ1) is 23.4. The normalized spacial score (nSPS) is 12.3. The number of carbonyl (C=O) groups excluding carboxylic acids is 1. The molecular weight excluding hydrogens is 443 g/mol. The first-order valence-corrected chi connectivity index (χ1v) is 11.1. The molecule has 1 aromatic carbocycles. The molecule has 9 heteroatoms. The Balaban J connectivity index is 1.96. The lowest BCUT2D eigenvalue weighted by Crippen LogP contribution is -2.29. The van der Waals surface area contributed by atoms with Gasteiger partial charge in [0, 0.05) is 18.2 Å². The molecule has 0 amide bonds. The van der Waals surface area contributed by atoms with Crippen molar-refractivity contribution in [2.75, 3.05) is 19.8 Å². The van der Waals surface area contributed by atoms with Crippen LogP contribution in [0.3, 0.4) is 0 Å². The number of benzene rings is 1. The molecule has 0 atom stereocenters. The highest BCUT2D eigenvalue weighted by molar-refractivity contribution is 6.01. The fraction of sp³-hybridized carbons (Fsp3) is 0.320. The molecule has 0 bridgehead atoms. The quantitative estimate of drug-likeness (QED) is 0.378. The smallest absolute Gasteiger partial charge is 0.347 e. The van der Waals surface area contributed by atoms with Gasteiger partial charge in [-0.2, -0.15) is 0 Å². The van der Waals surface area contributed by atoms with Crippen LogP contribution in [0.25, 0.3) is 17.2 Å². The standard InChI is InChI=1S/C25H25FN2O6/c1-3-5-10-33-23-19(25(31)32-4-2)24(30)28-13-18(14-29)34-22-16(12-27-20(23)21(22)28)11-15-6-8-17(26)9-7-15/h6-9,12-13,29H,3-5,10-11,14H2,1-2H3. The maximum Gasteiger partial charge on any atom is 0.347 e. The predicted octanol–water partition coefficient (Wildman–Crippen LogP) is 3.67. The average Bonchev–Trinajstić information content (AvgIpc) is 2.84. The number of pyridine rings is 2. The lowest BCUT2D eigenvalue weighted by molar-refractivity contribution is 0.0519. The summed E-state index contributed by atoms with van der Waals surface area (Å²) in [7, 11) is 0. The molecule has 0 spiro atoms. The molecule has 1 aliphatic heterocycles. The molecule has 1 aliphatic rings. The van der Waals surface area contributed by atoms with Crippen LogP contribution >= 0.6 is 0 Å². The summed E-state index contributed by atoms with van der Waals surface area (Å²) in [5.41, 5.74) is 1.10. The largest absolute Gasteiger partial charge is 0.490 e. The van der Waals surface area contributed by atoms with Crippen LogP contribution < -0.4 is 15.0 Å². The van der Waals surface area contributed by atoms with Gasteiger partial charge in [-0.25, -0.2) is 9.18 Å². The van der Waals surface area contributed by atoms with E-state index in [2.05, 4.69) is 4.98 Å². The SMILES string of the molecule is CCCCOc1c(C(=O)OCC)c(=O)n2c3c(c(Cc4ccc(F)cc4)cnc13)OC(CO)=C2. The Morgan fingerprint density at radius 1 is 1.24 bits per heavy atom. The van der Waals surface area contributed by atoms with Gasteiger partial charge >= 0.3 is 5.97 Å². The van der Waals surface area contributed by atoms with E-state index in [1.807, 2.05) is 6.92 Å². The Labute approximate surface area is 195 Å². The van der Waals surface area contributed by atoms with Gasteiger partial charge in [0.25, 0.3) is 5.56 Å². The van der Waals surface area contributed by atoms with Crippen molar-refractivity contribution in [3.8, 4) is 11.5 Å². The van der Waals surface area contributed by atoms with E-state index in [0.29, 0.717) is 29.7 Å².